The summed E-state index contributed by atoms with van der Waals surface area (Å²) in [5.41, 5.74) is 3.31. The summed E-state index contributed by atoms with van der Waals surface area (Å²) in [5, 5.41) is 13.2. The third-order valence-corrected chi connectivity index (χ3v) is 6.07. The molecule has 0 spiro atoms. The Morgan fingerprint density at radius 2 is 1.88 bits per heavy atom. The lowest BCUT2D eigenvalue weighted by atomic mass is 9.99. The number of furan rings is 1. The van der Waals surface area contributed by atoms with Crippen LogP contribution in [-0.4, -0.2) is 46.9 Å². The second-order valence-corrected chi connectivity index (χ2v) is 8.28. The first-order valence-electron chi connectivity index (χ1n) is 11.2. The van der Waals surface area contributed by atoms with E-state index in [-0.39, 0.29) is 18.8 Å². The fraction of sp³-hybridized carbons (Fsp3) is 0.269. The zero-order valence-corrected chi connectivity index (χ0v) is 18.7. The number of methoxy groups -OCH3 is 1. The first-order valence-corrected chi connectivity index (χ1v) is 11.2. The highest BCUT2D eigenvalue weighted by Crippen LogP contribution is 2.43. The van der Waals surface area contributed by atoms with E-state index in [4.69, 9.17) is 19.0 Å². The molecule has 0 amide bonds. The molecule has 0 saturated heterocycles. The van der Waals surface area contributed by atoms with Gasteiger partial charge >= 0.3 is 5.97 Å². The van der Waals surface area contributed by atoms with E-state index in [1.54, 1.807) is 7.11 Å². The van der Waals surface area contributed by atoms with Crippen molar-refractivity contribution >= 4 is 22.9 Å². The van der Waals surface area contributed by atoms with Gasteiger partial charge in [0.25, 0.3) is 0 Å². The van der Waals surface area contributed by atoms with Gasteiger partial charge in [0.1, 0.15) is 30.3 Å². The summed E-state index contributed by atoms with van der Waals surface area (Å²) >= 11 is 0. The Labute approximate surface area is 196 Å². The number of ether oxygens (including phenoxy) is 2. The molecule has 1 aliphatic carbocycles. The van der Waals surface area contributed by atoms with E-state index in [0.717, 1.165) is 46.4 Å². The van der Waals surface area contributed by atoms with E-state index >= 15 is 0 Å². The molecule has 1 aliphatic rings. The lowest BCUT2D eigenvalue weighted by molar-refractivity contribution is -0.144. The van der Waals surface area contributed by atoms with Crippen LogP contribution in [0.4, 0.5) is 5.82 Å². The Bertz CT molecular complexity index is 1290. The predicted molar refractivity (Wildman–Crippen MR) is 128 cm³/mol. The number of carboxylic acids is 1. The van der Waals surface area contributed by atoms with Gasteiger partial charge in [0.05, 0.1) is 18.6 Å². The summed E-state index contributed by atoms with van der Waals surface area (Å²) in [6.45, 7) is -0.279. The van der Waals surface area contributed by atoms with Crippen LogP contribution in [0.15, 0.2) is 65.3 Å². The maximum atomic E-state index is 10.8. The van der Waals surface area contributed by atoms with E-state index in [1.807, 2.05) is 54.6 Å². The number of anilines is 1. The number of aromatic nitrogens is 2. The molecule has 0 bridgehead atoms. The minimum atomic E-state index is -0.954. The number of hydrogen-bond donors (Lipinski definition) is 2. The van der Waals surface area contributed by atoms with Crippen LogP contribution in [0.5, 0.6) is 5.75 Å². The molecule has 1 saturated carbocycles. The normalized spacial score (nSPS) is 17.7. The second kappa shape index (κ2) is 9.52. The molecule has 0 aliphatic heterocycles. The summed E-state index contributed by atoms with van der Waals surface area (Å²) in [6, 6.07) is 17.9. The van der Waals surface area contributed by atoms with Crippen molar-refractivity contribution < 1.29 is 23.8 Å². The van der Waals surface area contributed by atoms with Gasteiger partial charge in [-0.15, -0.1) is 0 Å². The van der Waals surface area contributed by atoms with Crippen LogP contribution >= 0.6 is 0 Å². The zero-order valence-electron chi connectivity index (χ0n) is 18.7. The SMILES string of the molecule is COc1ccc(-c2c(-c3ccccc3)oc3ncnc(N[C@@H]4CC[C@H](OCC(=O)O)C4)c23)cc1. The average Bonchev–Trinajstić information content (AvgIpc) is 3.48. The largest absolute Gasteiger partial charge is 0.497 e. The zero-order chi connectivity index (χ0) is 23.5. The fourth-order valence-corrected chi connectivity index (χ4v) is 4.47. The Morgan fingerprint density at radius 1 is 1.09 bits per heavy atom. The Balaban J connectivity index is 1.55. The minimum Gasteiger partial charge on any atom is -0.497 e. The van der Waals surface area contributed by atoms with Gasteiger partial charge in [-0.3, -0.25) is 0 Å². The molecule has 2 aromatic carbocycles. The Kier molecular flexibility index (Phi) is 6.14. The van der Waals surface area contributed by atoms with Crippen molar-refractivity contribution in [3.8, 4) is 28.2 Å². The number of aliphatic carboxylic acids is 1. The molecule has 2 heterocycles. The van der Waals surface area contributed by atoms with Gasteiger partial charge < -0.3 is 24.3 Å². The molecule has 0 unspecified atom stereocenters. The van der Waals surface area contributed by atoms with Crippen molar-refractivity contribution in [2.24, 2.45) is 0 Å². The highest BCUT2D eigenvalue weighted by Gasteiger charge is 2.28. The number of carboxylic acid groups (broad SMARTS) is 1. The van der Waals surface area contributed by atoms with Crippen LogP contribution in [0.25, 0.3) is 33.6 Å². The van der Waals surface area contributed by atoms with Crippen molar-refractivity contribution in [1.29, 1.82) is 0 Å². The first-order chi connectivity index (χ1) is 16.6. The number of carbonyl (C=O) groups is 1. The van der Waals surface area contributed by atoms with Crippen LogP contribution in [0.1, 0.15) is 19.3 Å². The molecule has 5 rings (SSSR count). The van der Waals surface area contributed by atoms with E-state index in [2.05, 4.69) is 15.3 Å². The second-order valence-electron chi connectivity index (χ2n) is 8.28. The number of nitrogens with one attached hydrogen (secondary N) is 1. The molecule has 8 heteroatoms. The molecule has 1 fully saturated rings. The molecular formula is C26H25N3O5. The standard InChI is InChI=1S/C26H25N3O5/c1-32-19-10-7-16(8-11-19)22-23-25(29-18-9-12-20(13-18)33-14-21(30)31)27-15-28-26(23)34-24(22)17-5-3-2-4-6-17/h2-8,10-11,15,18,20H,9,12-14H2,1H3,(H,30,31)(H,27,28,29)/t18-,20+/m1/s1. The molecular weight excluding hydrogens is 434 g/mol. The average molecular weight is 460 g/mol. The summed E-state index contributed by atoms with van der Waals surface area (Å²) < 4.78 is 17.1. The van der Waals surface area contributed by atoms with Crippen molar-refractivity contribution in [1.82, 2.24) is 9.97 Å². The molecule has 0 radical (unpaired) electrons. The van der Waals surface area contributed by atoms with E-state index < -0.39 is 5.97 Å². The van der Waals surface area contributed by atoms with Crippen LogP contribution in [0.2, 0.25) is 0 Å². The molecule has 34 heavy (non-hydrogen) atoms. The molecule has 8 nitrogen and oxygen atoms in total. The molecule has 2 atom stereocenters. The molecule has 2 N–H and O–H groups in total. The highest BCUT2D eigenvalue weighted by atomic mass is 16.5. The molecule has 174 valence electrons. The quantitative estimate of drug-likeness (QED) is 0.379. The predicted octanol–water partition coefficient (Wildman–Crippen LogP) is 5.00. The summed E-state index contributed by atoms with van der Waals surface area (Å²) in [4.78, 5) is 19.8. The third kappa shape index (κ3) is 4.45. The number of fused-ring (bicyclic) bond motifs is 1. The first kappa shape index (κ1) is 21.9. The Hall–Kier alpha value is -3.91. The lowest BCUT2D eigenvalue weighted by Crippen LogP contribution is -2.20. The summed E-state index contributed by atoms with van der Waals surface area (Å²) in [7, 11) is 1.64. The van der Waals surface area contributed by atoms with Gasteiger partial charge in [0.2, 0.25) is 5.71 Å². The minimum absolute atomic E-state index is 0.0868. The van der Waals surface area contributed by atoms with Gasteiger partial charge in [-0.25, -0.2) is 14.8 Å². The third-order valence-electron chi connectivity index (χ3n) is 6.07. The summed E-state index contributed by atoms with van der Waals surface area (Å²) in [5.74, 6) is 1.22. The fourth-order valence-electron chi connectivity index (χ4n) is 4.47. The number of benzene rings is 2. The van der Waals surface area contributed by atoms with E-state index in [0.29, 0.717) is 18.0 Å². The van der Waals surface area contributed by atoms with Crippen LogP contribution < -0.4 is 10.1 Å². The van der Waals surface area contributed by atoms with Crippen LogP contribution in [0, 0.1) is 0 Å². The van der Waals surface area contributed by atoms with Gasteiger partial charge in [0.15, 0.2) is 0 Å². The highest BCUT2D eigenvalue weighted by molar-refractivity contribution is 6.05. The van der Waals surface area contributed by atoms with Crippen molar-refractivity contribution in [3.05, 3.63) is 60.9 Å². The number of rotatable bonds is 8. The van der Waals surface area contributed by atoms with Crippen LogP contribution in [0.3, 0.4) is 0 Å². The lowest BCUT2D eigenvalue weighted by Gasteiger charge is -2.15. The van der Waals surface area contributed by atoms with Gasteiger partial charge in [0, 0.05) is 17.2 Å². The van der Waals surface area contributed by atoms with E-state index in [9.17, 15) is 4.79 Å². The van der Waals surface area contributed by atoms with Crippen LogP contribution in [-0.2, 0) is 9.53 Å². The molecule has 4 aromatic rings. The number of hydrogen-bond acceptors (Lipinski definition) is 7. The molecule has 2 aromatic heterocycles. The van der Waals surface area contributed by atoms with Crippen molar-refractivity contribution in [2.75, 3.05) is 19.0 Å². The smallest absolute Gasteiger partial charge is 0.329 e. The van der Waals surface area contributed by atoms with Crippen molar-refractivity contribution in [3.63, 3.8) is 0 Å². The Morgan fingerprint density at radius 3 is 2.62 bits per heavy atom. The maximum absolute atomic E-state index is 10.8. The summed E-state index contributed by atoms with van der Waals surface area (Å²) in [6.07, 6.45) is 3.77. The number of nitrogens with zero attached hydrogens (tertiary/aromatic N) is 2. The maximum Gasteiger partial charge on any atom is 0.329 e. The van der Waals surface area contributed by atoms with Crippen molar-refractivity contribution in [2.45, 2.75) is 31.4 Å². The van der Waals surface area contributed by atoms with Gasteiger partial charge in [-0.05, 0) is 37.0 Å². The van der Waals surface area contributed by atoms with Gasteiger partial charge in [-0.1, -0.05) is 42.5 Å². The topological polar surface area (TPSA) is 107 Å². The van der Waals surface area contributed by atoms with Gasteiger partial charge in [-0.2, -0.15) is 0 Å². The monoisotopic (exact) mass is 459 g/mol. The van der Waals surface area contributed by atoms with E-state index in [1.165, 1.54) is 6.33 Å².